The van der Waals surface area contributed by atoms with Gasteiger partial charge in [-0.3, -0.25) is 19.3 Å². The number of hydrogen-bond acceptors (Lipinski definition) is 6. The molecule has 0 aromatic heterocycles. The zero-order valence-corrected chi connectivity index (χ0v) is 14.9. The first kappa shape index (κ1) is 17.1. The molecule has 26 heavy (non-hydrogen) atoms. The fraction of sp³-hybridized carbons (Fsp3) is 0.444. The van der Waals surface area contributed by atoms with Crippen LogP contribution in [0, 0.1) is 5.92 Å². The number of amides is 3. The van der Waals surface area contributed by atoms with Gasteiger partial charge in [0.25, 0.3) is 11.8 Å². The van der Waals surface area contributed by atoms with Gasteiger partial charge in [0.15, 0.2) is 0 Å². The molecular weight excluding hydrogens is 356 g/mol. The van der Waals surface area contributed by atoms with Crippen molar-refractivity contribution in [3.63, 3.8) is 0 Å². The summed E-state index contributed by atoms with van der Waals surface area (Å²) in [6.45, 7) is -0.0640. The Bertz CT molecular complexity index is 757. The van der Waals surface area contributed by atoms with Crippen LogP contribution in [0.1, 0.15) is 33.6 Å². The van der Waals surface area contributed by atoms with Gasteiger partial charge in [0, 0.05) is 11.7 Å². The molecule has 2 aliphatic heterocycles. The molecule has 2 fully saturated rings. The first-order valence-electron chi connectivity index (χ1n) is 8.58. The van der Waals surface area contributed by atoms with E-state index in [0.717, 1.165) is 17.7 Å². The van der Waals surface area contributed by atoms with Crippen molar-refractivity contribution in [1.82, 2.24) is 9.80 Å². The second-order valence-electron chi connectivity index (χ2n) is 6.57. The molecular formula is C18H18N2O5S. The first-order valence-corrected chi connectivity index (χ1v) is 9.73. The van der Waals surface area contributed by atoms with E-state index in [1.807, 2.05) is 0 Å². The van der Waals surface area contributed by atoms with Gasteiger partial charge in [0.1, 0.15) is 12.6 Å². The molecule has 4 rings (SSSR count). The van der Waals surface area contributed by atoms with Gasteiger partial charge in [-0.15, -0.1) is 11.8 Å². The Kier molecular flexibility index (Phi) is 4.44. The van der Waals surface area contributed by atoms with E-state index >= 15 is 0 Å². The van der Waals surface area contributed by atoms with E-state index in [1.165, 1.54) is 11.8 Å². The minimum Gasteiger partial charge on any atom is -0.462 e. The molecule has 3 aliphatic rings. The Morgan fingerprint density at radius 3 is 2.38 bits per heavy atom. The first-order chi connectivity index (χ1) is 12.6. The van der Waals surface area contributed by atoms with Gasteiger partial charge >= 0.3 is 5.97 Å². The molecule has 1 atom stereocenters. The summed E-state index contributed by atoms with van der Waals surface area (Å²) in [7, 11) is 0. The maximum atomic E-state index is 12.3. The number of carbonyl (C=O) groups is 4. The molecule has 7 nitrogen and oxygen atoms in total. The quantitative estimate of drug-likeness (QED) is 0.568. The van der Waals surface area contributed by atoms with E-state index in [0.29, 0.717) is 22.8 Å². The largest absolute Gasteiger partial charge is 0.462 e. The maximum absolute atomic E-state index is 12.3. The Labute approximate surface area is 154 Å². The lowest BCUT2D eigenvalue weighted by atomic mass is 10.1. The van der Waals surface area contributed by atoms with Crippen LogP contribution in [0.3, 0.4) is 0 Å². The molecule has 0 unspecified atom stereocenters. The Balaban J connectivity index is 1.32. The number of ether oxygens (including phenoxy) is 1. The molecule has 1 aliphatic carbocycles. The number of hydrogen-bond donors (Lipinski definition) is 0. The highest BCUT2D eigenvalue weighted by molar-refractivity contribution is 7.99. The lowest BCUT2D eigenvalue weighted by Gasteiger charge is -2.22. The molecule has 3 amide bonds. The Morgan fingerprint density at radius 2 is 1.77 bits per heavy atom. The molecule has 8 heteroatoms. The number of rotatable bonds is 5. The molecule has 1 saturated heterocycles. The second kappa shape index (κ2) is 6.75. The number of carbonyl (C=O) groups excluding carboxylic acids is 4. The van der Waals surface area contributed by atoms with Gasteiger partial charge in [-0.1, -0.05) is 12.1 Å². The van der Waals surface area contributed by atoms with Gasteiger partial charge in [-0.25, -0.2) is 4.79 Å². The fourth-order valence-corrected chi connectivity index (χ4v) is 4.34. The number of benzene rings is 1. The van der Waals surface area contributed by atoms with E-state index in [4.69, 9.17) is 4.74 Å². The van der Waals surface area contributed by atoms with Crippen LogP contribution in [0.25, 0.3) is 0 Å². The van der Waals surface area contributed by atoms with Gasteiger partial charge in [0.2, 0.25) is 5.91 Å². The van der Waals surface area contributed by atoms with Crippen LogP contribution in [0.2, 0.25) is 0 Å². The van der Waals surface area contributed by atoms with Crippen LogP contribution in [0.5, 0.6) is 0 Å². The molecule has 0 radical (unpaired) electrons. The smallest absolute Gasteiger partial charge is 0.329 e. The van der Waals surface area contributed by atoms with Crippen molar-refractivity contribution in [3.05, 3.63) is 35.4 Å². The standard InChI is InChI=1S/C18H18N2O5S/c21-15(11-5-6-11)20-10-26-9-14(20)18(24)25-8-7-19-16(22)12-3-1-2-4-13(12)17(19)23/h1-4,11,14H,5-10H2/t14-/m0/s1. The van der Waals surface area contributed by atoms with E-state index in [2.05, 4.69) is 0 Å². The molecule has 0 bridgehead atoms. The summed E-state index contributed by atoms with van der Waals surface area (Å²) in [4.78, 5) is 51.8. The van der Waals surface area contributed by atoms with E-state index in [-0.39, 0.29) is 36.8 Å². The summed E-state index contributed by atoms with van der Waals surface area (Å²) in [5, 5.41) is 0. The summed E-state index contributed by atoms with van der Waals surface area (Å²) >= 11 is 1.53. The van der Waals surface area contributed by atoms with E-state index in [9.17, 15) is 19.2 Å². The summed E-state index contributed by atoms with van der Waals surface area (Å²) in [6, 6.07) is 6.06. The average Bonchev–Trinajstić information content (AvgIpc) is 3.34. The number of thioether (sulfide) groups is 1. The van der Waals surface area contributed by atoms with Gasteiger partial charge in [-0.2, -0.15) is 0 Å². The topological polar surface area (TPSA) is 84.0 Å². The Morgan fingerprint density at radius 1 is 1.12 bits per heavy atom. The average molecular weight is 374 g/mol. The van der Waals surface area contributed by atoms with Gasteiger partial charge in [-0.05, 0) is 25.0 Å². The van der Waals surface area contributed by atoms with E-state index < -0.39 is 12.0 Å². The van der Waals surface area contributed by atoms with Crippen molar-refractivity contribution in [2.24, 2.45) is 5.92 Å². The zero-order chi connectivity index (χ0) is 18.3. The van der Waals surface area contributed by atoms with Crippen LogP contribution in [0.15, 0.2) is 24.3 Å². The lowest BCUT2D eigenvalue weighted by molar-refractivity contribution is -0.153. The van der Waals surface area contributed by atoms with Crippen LogP contribution < -0.4 is 0 Å². The molecule has 136 valence electrons. The number of esters is 1. The third-order valence-corrected chi connectivity index (χ3v) is 5.81. The summed E-state index contributed by atoms with van der Waals surface area (Å²) in [6.07, 6.45) is 1.78. The summed E-state index contributed by atoms with van der Waals surface area (Å²) in [5.74, 6) is -0.106. The van der Waals surface area contributed by atoms with Crippen LogP contribution in [-0.2, 0) is 14.3 Å². The van der Waals surface area contributed by atoms with Crippen LogP contribution in [-0.4, -0.2) is 64.3 Å². The molecule has 2 heterocycles. The van der Waals surface area contributed by atoms with Gasteiger partial charge in [0.05, 0.1) is 23.5 Å². The number of nitrogens with zero attached hydrogens (tertiary/aromatic N) is 2. The predicted octanol–water partition coefficient (Wildman–Crippen LogP) is 1.14. The highest BCUT2D eigenvalue weighted by Gasteiger charge is 2.42. The van der Waals surface area contributed by atoms with Crippen molar-refractivity contribution in [2.45, 2.75) is 18.9 Å². The Hall–Kier alpha value is -2.35. The lowest BCUT2D eigenvalue weighted by Crippen LogP contribution is -2.44. The molecule has 0 spiro atoms. The third-order valence-electron chi connectivity index (χ3n) is 4.80. The van der Waals surface area contributed by atoms with Crippen molar-refractivity contribution in [2.75, 3.05) is 24.8 Å². The van der Waals surface area contributed by atoms with Crippen molar-refractivity contribution in [1.29, 1.82) is 0 Å². The van der Waals surface area contributed by atoms with Crippen LogP contribution >= 0.6 is 11.8 Å². The van der Waals surface area contributed by atoms with Crippen LogP contribution in [0.4, 0.5) is 0 Å². The number of imide groups is 1. The number of fused-ring (bicyclic) bond motifs is 1. The minimum atomic E-state index is -0.574. The maximum Gasteiger partial charge on any atom is 0.329 e. The summed E-state index contributed by atoms with van der Waals surface area (Å²) < 4.78 is 5.27. The van der Waals surface area contributed by atoms with Crippen molar-refractivity contribution < 1.29 is 23.9 Å². The SMILES string of the molecule is O=C(OCCN1C(=O)c2ccccc2C1=O)[C@@H]1CSCN1C(=O)C1CC1. The van der Waals surface area contributed by atoms with Gasteiger partial charge < -0.3 is 9.64 Å². The highest BCUT2D eigenvalue weighted by atomic mass is 32.2. The normalized spacial score (nSPS) is 21.9. The molecule has 1 aromatic rings. The minimum absolute atomic E-state index is 0.00845. The van der Waals surface area contributed by atoms with E-state index in [1.54, 1.807) is 29.2 Å². The van der Waals surface area contributed by atoms with Crippen molar-refractivity contribution >= 4 is 35.5 Å². The molecule has 1 saturated carbocycles. The third kappa shape index (κ3) is 2.98. The second-order valence-corrected chi connectivity index (χ2v) is 7.57. The zero-order valence-electron chi connectivity index (χ0n) is 14.1. The predicted molar refractivity (Wildman–Crippen MR) is 93.5 cm³/mol. The molecule has 1 aromatic carbocycles. The fourth-order valence-electron chi connectivity index (χ4n) is 3.20. The summed E-state index contributed by atoms with van der Waals surface area (Å²) in [5.41, 5.74) is 0.745. The highest BCUT2D eigenvalue weighted by Crippen LogP contribution is 2.34. The van der Waals surface area contributed by atoms with Crippen molar-refractivity contribution in [3.8, 4) is 0 Å². The molecule has 0 N–H and O–H groups in total. The monoisotopic (exact) mass is 374 g/mol.